The zero-order valence-corrected chi connectivity index (χ0v) is 10.5. The van der Waals surface area contributed by atoms with Crippen LogP contribution in [0.15, 0.2) is 24.3 Å². The molecule has 0 radical (unpaired) electrons. The van der Waals surface area contributed by atoms with Crippen LogP contribution in [-0.4, -0.2) is 24.2 Å². The molecule has 1 aliphatic rings. The first-order chi connectivity index (χ1) is 8.69. The molecule has 2 rings (SSSR count). The number of nitrogens with one attached hydrogen (secondary N) is 1. The Morgan fingerprint density at radius 1 is 1.28 bits per heavy atom. The normalized spacial score (nSPS) is 16.3. The number of hydrogen-bond donors (Lipinski definition) is 3. The van der Waals surface area contributed by atoms with Crippen molar-refractivity contribution >= 4 is 11.6 Å². The topological polar surface area (TPSA) is 75.4 Å². The molecule has 4 heteroatoms. The second kappa shape index (κ2) is 5.40. The lowest BCUT2D eigenvalue weighted by Gasteiger charge is -2.15. The summed E-state index contributed by atoms with van der Waals surface area (Å²) in [6.07, 6.45) is 3.36. The molecular formula is C14H20N2O2. The Balaban J connectivity index is 1.94. The monoisotopic (exact) mass is 248 g/mol. The smallest absolute Gasteiger partial charge is 0.230 e. The van der Waals surface area contributed by atoms with Crippen molar-refractivity contribution in [2.24, 2.45) is 0 Å². The fourth-order valence-corrected chi connectivity index (χ4v) is 2.18. The number of aliphatic hydroxyl groups is 1. The molecule has 0 spiro atoms. The van der Waals surface area contributed by atoms with E-state index in [1.165, 1.54) is 0 Å². The molecule has 0 aromatic heterocycles. The van der Waals surface area contributed by atoms with Crippen LogP contribution in [0.5, 0.6) is 0 Å². The van der Waals surface area contributed by atoms with Crippen LogP contribution in [0.2, 0.25) is 0 Å². The Bertz CT molecular complexity index is 410. The van der Waals surface area contributed by atoms with Crippen molar-refractivity contribution in [2.45, 2.75) is 31.1 Å². The summed E-state index contributed by atoms with van der Waals surface area (Å²) in [6, 6.07) is 7.56. The van der Waals surface area contributed by atoms with Crippen LogP contribution in [0.25, 0.3) is 0 Å². The van der Waals surface area contributed by atoms with Crippen molar-refractivity contribution in [1.29, 1.82) is 0 Å². The number of anilines is 1. The van der Waals surface area contributed by atoms with Crippen LogP contribution in [0.1, 0.15) is 31.2 Å². The van der Waals surface area contributed by atoms with Crippen molar-refractivity contribution in [3.63, 3.8) is 0 Å². The highest BCUT2D eigenvalue weighted by Crippen LogP contribution is 2.48. The molecule has 0 heterocycles. The van der Waals surface area contributed by atoms with Crippen LogP contribution in [0.4, 0.5) is 5.69 Å². The number of carbonyl (C=O) groups is 1. The fourth-order valence-electron chi connectivity index (χ4n) is 2.18. The lowest BCUT2D eigenvalue weighted by atomic mass is 9.94. The van der Waals surface area contributed by atoms with Gasteiger partial charge in [0.2, 0.25) is 5.91 Å². The van der Waals surface area contributed by atoms with E-state index in [1.807, 2.05) is 24.3 Å². The first-order valence-electron chi connectivity index (χ1n) is 6.44. The van der Waals surface area contributed by atoms with Gasteiger partial charge >= 0.3 is 0 Å². The summed E-state index contributed by atoms with van der Waals surface area (Å²) in [5.41, 5.74) is 7.10. The molecule has 18 heavy (non-hydrogen) atoms. The standard InChI is InChI=1S/C14H20N2O2/c15-12-5-3-11(4-6-12)14(7-8-14)13(18)16-9-1-2-10-17/h3-6,17H,1-2,7-10,15H2,(H,16,18). The average Bonchev–Trinajstić information content (AvgIpc) is 3.17. The van der Waals surface area contributed by atoms with E-state index >= 15 is 0 Å². The Kier molecular flexibility index (Phi) is 3.87. The first-order valence-corrected chi connectivity index (χ1v) is 6.44. The third-order valence-electron chi connectivity index (χ3n) is 3.52. The minimum Gasteiger partial charge on any atom is -0.399 e. The van der Waals surface area contributed by atoms with Crippen molar-refractivity contribution in [3.05, 3.63) is 29.8 Å². The minimum absolute atomic E-state index is 0.102. The largest absolute Gasteiger partial charge is 0.399 e. The molecule has 1 amide bonds. The maximum absolute atomic E-state index is 12.2. The number of aliphatic hydroxyl groups excluding tert-OH is 1. The van der Waals surface area contributed by atoms with Crippen LogP contribution < -0.4 is 11.1 Å². The Hall–Kier alpha value is -1.55. The van der Waals surface area contributed by atoms with Crippen molar-refractivity contribution in [1.82, 2.24) is 5.32 Å². The zero-order valence-electron chi connectivity index (χ0n) is 10.5. The van der Waals surface area contributed by atoms with Gasteiger partial charge in [0, 0.05) is 18.8 Å². The number of benzene rings is 1. The summed E-state index contributed by atoms with van der Waals surface area (Å²) in [6.45, 7) is 0.815. The molecule has 4 nitrogen and oxygen atoms in total. The molecule has 0 atom stereocenters. The van der Waals surface area contributed by atoms with Crippen LogP contribution >= 0.6 is 0 Å². The SMILES string of the molecule is Nc1ccc(C2(C(=O)NCCCCO)CC2)cc1. The third kappa shape index (κ3) is 2.64. The highest BCUT2D eigenvalue weighted by molar-refractivity contribution is 5.91. The average molecular weight is 248 g/mol. The summed E-state index contributed by atoms with van der Waals surface area (Å²) in [5.74, 6) is 0.102. The van der Waals surface area contributed by atoms with Gasteiger partial charge in [-0.05, 0) is 43.4 Å². The second-order valence-electron chi connectivity index (χ2n) is 4.89. The third-order valence-corrected chi connectivity index (χ3v) is 3.52. The lowest BCUT2D eigenvalue weighted by molar-refractivity contribution is -0.123. The predicted octanol–water partition coefficient (Wildman–Crippen LogP) is 1.19. The van der Waals surface area contributed by atoms with E-state index < -0.39 is 0 Å². The summed E-state index contributed by atoms with van der Waals surface area (Å²) >= 11 is 0. The van der Waals surface area contributed by atoms with Gasteiger partial charge in [-0.15, -0.1) is 0 Å². The maximum atomic E-state index is 12.2. The molecule has 1 fully saturated rings. The van der Waals surface area contributed by atoms with Crippen molar-refractivity contribution in [3.8, 4) is 0 Å². The fraction of sp³-hybridized carbons (Fsp3) is 0.500. The van der Waals surface area contributed by atoms with Crippen LogP contribution in [0, 0.1) is 0 Å². The van der Waals surface area contributed by atoms with Gasteiger partial charge in [-0.25, -0.2) is 0 Å². The van der Waals surface area contributed by atoms with Gasteiger partial charge in [-0.3, -0.25) is 4.79 Å². The highest BCUT2D eigenvalue weighted by Gasteiger charge is 2.50. The molecule has 1 aliphatic carbocycles. The van der Waals surface area contributed by atoms with E-state index in [1.54, 1.807) is 0 Å². The molecule has 0 saturated heterocycles. The van der Waals surface area contributed by atoms with E-state index in [0.717, 1.165) is 36.9 Å². The maximum Gasteiger partial charge on any atom is 0.230 e. The van der Waals surface area contributed by atoms with Gasteiger partial charge in [0.05, 0.1) is 5.41 Å². The molecular weight excluding hydrogens is 228 g/mol. The Labute approximate surface area is 107 Å². The predicted molar refractivity (Wildman–Crippen MR) is 71.1 cm³/mol. The van der Waals surface area contributed by atoms with Gasteiger partial charge in [-0.1, -0.05) is 12.1 Å². The highest BCUT2D eigenvalue weighted by atomic mass is 16.2. The van der Waals surface area contributed by atoms with Gasteiger partial charge in [0.25, 0.3) is 0 Å². The van der Waals surface area contributed by atoms with Gasteiger partial charge in [0.1, 0.15) is 0 Å². The molecule has 1 saturated carbocycles. The molecule has 0 bridgehead atoms. The van der Waals surface area contributed by atoms with Crippen LogP contribution in [-0.2, 0) is 10.2 Å². The summed E-state index contributed by atoms with van der Waals surface area (Å²) < 4.78 is 0. The number of nitrogens with two attached hydrogens (primary N) is 1. The van der Waals surface area contributed by atoms with E-state index in [2.05, 4.69) is 5.32 Å². The van der Waals surface area contributed by atoms with E-state index in [4.69, 9.17) is 10.8 Å². The second-order valence-corrected chi connectivity index (χ2v) is 4.89. The number of amides is 1. The lowest BCUT2D eigenvalue weighted by Crippen LogP contribution is -2.35. The molecule has 0 unspecified atom stereocenters. The van der Waals surface area contributed by atoms with E-state index in [0.29, 0.717) is 6.54 Å². The molecule has 4 N–H and O–H groups in total. The van der Waals surface area contributed by atoms with E-state index in [9.17, 15) is 4.79 Å². The minimum atomic E-state index is -0.326. The summed E-state index contributed by atoms with van der Waals surface area (Å²) in [5, 5.41) is 11.6. The number of rotatable bonds is 6. The number of unbranched alkanes of at least 4 members (excludes halogenated alkanes) is 1. The molecule has 0 aliphatic heterocycles. The number of nitrogen functional groups attached to an aromatic ring is 1. The Morgan fingerprint density at radius 3 is 2.50 bits per heavy atom. The van der Waals surface area contributed by atoms with Gasteiger partial charge in [0.15, 0.2) is 0 Å². The quantitative estimate of drug-likeness (QED) is 0.523. The summed E-state index contributed by atoms with van der Waals surface area (Å²) in [7, 11) is 0. The molecule has 98 valence electrons. The first kappa shape index (κ1) is 12.9. The van der Waals surface area contributed by atoms with Gasteiger partial charge < -0.3 is 16.2 Å². The number of hydrogen-bond acceptors (Lipinski definition) is 3. The zero-order chi connectivity index (χ0) is 13.0. The van der Waals surface area contributed by atoms with Gasteiger partial charge in [-0.2, -0.15) is 0 Å². The molecule has 1 aromatic carbocycles. The summed E-state index contributed by atoms with van der Waals surface area (Å²) in [4.78, 5) is 12.2. The van der Waals surface area contributed by atoms with Crippen molar-refractivity contribution < 1.29 is 9.90 Å². The van der Waals surface area contributed by atoms with Crippen LogP contribution in [0.3, 0.4) is 0 Å². The van der Waals surface area contributed by atoms with E-state index in [-0.39, 0.29) is 17.9 Å². The Morgan fingerprint density at radius 2 is 1.94 bits per heavy atom. The van der Waals surface area contributed by atoms with Crippen molar-refractivity contribution in [2.75, 3.05) is 18.9 Å². The molecule has 1 aromatic rings. The number of carbonyl (C=O) groups excluding carboxylic acids is 1.